The molecular weight excluding hydrogens is 819 g/mol. The third-order valence-corrected chi connectivity index (χ3v) is 12.1. The minimum Gasteiger partial charge on any atom is -0.462 e. The molecule has 2 bridgehead atoms. The van der Waals surface area contributed by atoms with Crippen molar-refractivity contribution in [2.75, 3.05) is 0 Å². The summed E-state index contributed by atoms with van der Waals surface area (Å²) in [6, 6.07) is -1.05. The van der Waals surface area contributed by atoms with Gasteiger partial charge >= 0.3 is 5.97 Å². The number of carbonyl (C=O) groups excluding carboxylic acids is 1. The molecule has 3 heterocycles. The molecule has 2 saturated heterocycles. The summed E-state index contributed by atoms with van der Waals surface area (Å²) in [7, 11) is 0. The number of carbonyl (C=O) groups is 1. The van der Waals surface area contributed by atoms with E-state index in [1.54, 1.807) is 58.1 Å². The molecule has 63 heavy (non-hydrogen) atoms. The van der Waals surface area contributed by atoms with Crippen LogP contribution in [-0.4, -0.2) is 155 Å². The van der Waals surface area contributed by atoms with Crippen LogP contribution in [0.4, 0.5) is 0 Å². The fourth-order valence-electron chi connectivity index (χ4n) is 7.79. The summed E-state index contributed by atoms with van der Waals surface area (Å²) in [5, 5.41) is 108. The molecule has 16 heteroatoms. The molecule has 12 N–H and O–H groups in total. The lowest BCUT2D eigenvalue weighted by Crippen LogP contribution is -2.61. The molecule has 2 unspecified atom stereocenters. The topological polar surface area (TPSA) is 282 Å². The fourth-order valence-corrected chi connectivity index (χ4v) is 7.79. The summed E-state index contributed by atoms with van der Waals surface area (Å²) in [5.74, 6) is -4.01. The summed E-state index contributed by atoms with van der Waals surface area (Å²) in [6.45, 7) is 8.60. The van der Waals surface area contributed by atoms with E-state index in [9.17, 15) is 55.9 Å². The molecule has 3 aliphatic heterocycles. The number of aliphatic hydroxyl groups is 10. The lowest BCUT2D eigenvalue weighted by molar-refractivity contribution is -0.310. The van der Waals surface area contributed by atoms with Gasteiger partial charge in [0.15, 0.2) is 12.1 Å². The number of allylic oxidation sites excluding steroid dienone is 12. The second-order valence-corrected chi connectivity index (χ2v) is 17.6. The molecule has 0 aromatic rings. The Kier molecular flexibility index (Phi) is 23.2. The Labute approximate surface area is 372 Å². The summed E-state index contributed by atoms with van der Waals surface area (Å²) in [4.78, 5) is 12.6. The number of cyclic esters (lactones) is 1. The molecule has 358 valence electrons. The zero-order chi connectivity index (χ0) is 46.9. The molecule has 0 spiro atoms. The number of hydrogen-bond acceptors (Lipinski definition) is 16. The van der Waals surface area contributed by atoms with Crippen LogP contribution in [0.25, 0.3) is 0 Å². The Morgan fingerprint density at radius 2 is 1.14 bits per heavy atom. The number of nitrogens with two attached hydrogens (primary N) is 1. The van der Waals surface area contributed by atoms with Crippen LogP contribution in [0.3, 0.4) is 0 Å². The number of ether oxygens (including phenoxy) is 4. The van der Waals surface area contributed by atoms with E-state index in [1.807, 2.05) is 61.6 Å². The highest BCUT2D eigenvalue weighted by Gasteiger charge is 2.47. The van der Waals surface area contributed by atoms with Gasteiger partial charge in [0.1, 0.15) is 12.2 Å². The Bertz CT molecular complexity index is 1570. The van der Waals surface area contributed by atoms with Crippen LogP contribution in [-0.2, 0) is 23.7 Å². The van der Waals surface area contributed by atoms with Crippen molar-refractivity contribution in [1.29, 1.82) is 0 Å². The number of hydrogen-bond donors (Lipinski definition) is 11. The van der Waals surface area contributed by atoms with Gasteiger partial charge in [-0.3, -0.25) is 4.79 Å². The largest absolute Gasteiger partial charge is 0.462 e. The molecule has 0 saturated carbocycles. The van der Waals surface area contributed by atoms with Crippen molar-refractivity contribution < 1.29 is 74.8 Å². The lowest BCUT2D eigenvalue weighted by atomic mass is 9.83. The Morgan fingerprint density at radius 3 is 1.75 bits per heavy atom. The van der Waals surface area contributed by atoms with Crippen LogP contribution in [0.5, 0.6) is 0 Å². The van der Waals surface area contributed by atoms with Crippen molar-refractivity contribution in [2.45, 2.75) is 183 Å². The first-order valence-electron chi connectivity index (χ1n) is 22.2. The van der Waals surface area contributed by atoms with E-state index < -0.39 is 128 Å². The standard InChI is InChI=1S/C47H75NO15/c1-28-18-16-14-12-10-8-6-7-9-11-13-15-17-19-36(62-46-45(58)42(48)44(57)32(5)61-46)25-40-30(3)38(53)26-47(59,63-40)27-39(54)37(52)21-20-33(49)22-34(50)23-35(51)24-41(55)60-31(4)29(2)43(28)56/h6-19,28-40,42-46,49-54,56-59H,20-27,48H2,1-5H3/b7-6+,10-8+,11-9+,14-12+,15-13+,18-16+,19-17+/t28-,29-,30+,31-,32?,33+,34+,35+,36-,37+,38-,39+,40-,42+,43+,44+,45?,46-,47-/m0/s1. The second kappa shape index (κ2) is 26.9. The zero-order valence-electron chi connectivity index (χ0n) is 37.2. The van der Waals surface area contributed by atoms with Gasteiger partial charge in [-0.2, -0.15) is 0 Å². The Morgan fingerprint density at radius 1 is 0.603 bits per heavy atom. The van der Waals surface area contributed by atoms with Gasteiger partial charge in [0.05, 0.1) is 79.6 Å². The van der Waals surface area contributed by atoms with Gasteiger partial charge in [-0.05, 0) is 39.5 Å². The van der Waals surface area contributed by atoms with Crippen molar-refractivity contribution >= 4 is 5.97 Å². The molecule has 0 aliphatic carbocycles. The minimum absolute atomic E-state index is 0.0428. The van der Waals surface area contributed by atoms with E-state index in [0.717, 1.165) is 0 Å². The molecule has 0 amide bonds. The number of rotatable bonds is 2. The highest BCUT2D eigenvalue weighted by molar-refractivity contribution is 5.70. The first kappa shape index (κ1) is 54.4. The molecule has 0 radical (unpaired) electrons. The van der Waals surface area contributed by atoms with Gasteiger partial charge in [0.25, 0.3) is 0 Å². The summed E-state index contributed by atoms with van der Waals surface area (Å²) in [6.07, 6.45) is 8.08. The van der Waals surface area contributed by atoms with Crippen LogP contribution in [0.1, 0.15) is 86.0 Å². The normalized spacial score (nSPS) is 46.6. The third-order valence-electron chi connectivity index (χ3n) is 12.1. The predicted molar refractivity (Wildman–Crippen MR) is 235 cm³/mol. The molecule has 19 atom stereocenters. The molecule has 0 aromatic carbocycles. The van der Waals surface area contributed by atoms with Gasteiger partial charge in [0.2, 0.25) is 0 Å². The van der Waals surface area contributed by atoms with Crippen molar-refractivity contribution in [3.63, 3.8) is 0 Å². The smallest absolute Gasteiger partial charge is 0.308 e. The first-order valence-corrected chi connectivity index (χ1v) is 22.2. The second-order valence-electron chi connectivity index (χ2n) is 17.6. The Balaban J connectivity index is 1.81. The SMILES string of the molecule is CC1O[C@@H](O[C@H]2/C=C/C=C/C=C/C=C/C=C/C=C/C=C/[C@H](C)[C@@H](O)[C@@H](C)[C@H](C)OC(=O)C[C@H](O)C[C@H](O)C[C@H](O)CC[C@@H](O)[C@H](O)C[C@]3(O)C[C@H](O)[C@@H](C)[C@H](C2)O3)C(O)[C@H](N)[C@@H]1O. The average Bonchev–Trinajstić information content (AvgIpc) is 3.21. The molecule has 3 rings (SSSR count). The van der Waals surface area contributed by atoms with Crippen molar-refractivity contribution in [1.82, 2.24) is 0 Å². The van der Waals surface area contributed by atoms with Gasteiger partial charge in [0, 0.05) is 37.0 Å². The molecule has 2 fully saturated rings. The summed E-state index contributed by atoms with van der Waals surface area (Å²) in [5.41, 5.74) is 6.05. The predicted octanol–water partition coefficient (Wildman–Crippen LogP) is 1.65. The van der Waals surface area contributed by atoms with Crippen LogP contribution in [0.15, 0.2) is 85.1 Å². The number of fused-ring (bicyclic) bond motifs is 2. The third kappa shape index (κ3) is 18.5. The van der Waals surface area contributed by atoms with Crippen LogP contribution in [0, 0.1) is 17.8 Å². The summed E-state index contributed by atoms with van der Waals surface area (Å²) >= 11 is 0. The maximum atomic E-state index is 12.6. The van der Waals surface area contributed by atoms with E-state index in [0.29, 0.717) is 0 Å². The van der Waals surface area contributed by atoms with E-state index >= 15 is 0 Å². The van der Waals surface area contributed by atoms with Gasteiger partial charge < -0.3 is 75.7 Å². The maximum absolute atomic E-state index is 12.6. The van der Waals surface area contributed by atoms with Crippen molar-refractivity contribution in [3.8, 4) is 0 Å². The van der Waals surface area contributed by atoms with E-state index in [1.165, 1.54) is 0 Å². The monoisotopic (exact) mass is 894 g/mol. The summed E-state index contributed by atoms with van der Waals surface area (Å²) < 4.78 is 23.5. The lowest BCUT2D eigenvalue weighted by Gasteiger charge is -2.46. The zero-order valence-corrected chi connectivity index (χ0v) is 37.2. The van der Waals surface area contributed by atoms with Crippen molar-refractivity contribution in [3.05, 3.63) is 85.1 Å². The highest BCUT2D eigenvalue weighted by atomic mass is 16.7. The minimum atomic E-state index is -2.08. The van der Waals surface area contributed by atoms with E-state index in [-0.39, 0.29) is 44.4 Å². The molecule has 3 aliphatic rings. The van der Waals surface area contributed by atoms with E-state index in [2.05, 4.69) is 0 Å². The van der Waals surface area contributed by atoms with E-state index in [4.69, 9.17) is 24.7 Å². The Hall–Kier alpha value is -2.91. The van der Waals surface area contributed by atoms with Gasteiger partial charge in [-0.15, -0.1) is 0 Å². The quantitative estimate of drug-likeness (QED) is 0.176. The number of esters is 1. The average molecular weight is 894 g/mol. The van der Waals surface area contributed by atoms with Crippen LogP contribution in [0.2, 0.25) is 0 Å². The van der Waals surface area contributed by atoms with Crippen LogP contribution >= 0.6 is 0 Å². The molecular formula is C47H75NO15. The fraction of sp³-hybridized carbons (Fsp3) is 0.681. The van der Waals surface area contributed by atoms with Crippen molar-refractivity contribution in [2.24, 2.45) is 23.5 Å². The maximum Gasteiger partial charge on any atom is 0.308 e. The molecule has 16 nitrogen and oxygen atoms in total. The number of aliphatic hydroxyl groups excluding tert-OH is 9. The highest BCUT2D eigenvalue weighted by Crippen LogP contribution is 2.38. The molecule has 0 aromatic heterocycles. The van der Waals surface area contributed by atoms with Crippen LogP contribution < -0.4 is 5.73 Å². The first-order chi connectivity index (χ1) is 29.7. The van der Waals surface area contributed by atoms with Gasteiger partial charge in [-0.25, -0.2) is 0 Å². The van der Waals surface area contributed by atoms with Gasteiger partial charge in [-0.1, -0.05) is 106 Å².